The molecular weight excluding hydrogens is 382 g/mol. The first-order valence-electron chi connectivity index (χ1n) is 10.5. The molecule has 0 spiro atoms. The van der Waals surface area contributed by atoms with Crippen LogP contribution in [0.25, 0.3) is 10.9 Å². The molecule has 1 aromatic carbocycles. The Bertz CT molecular complexity index is 1050. The Morgan fingerprint density at radius 3 is 2.73 bits per heavy atom. The van der Waals surface area contributed by atoms with Crippen molar-refractivity contribution in [2.45, 2.75) is 33.2 Å². The van der Waals surface area contributed by atoms with Crippen LogP contribution in [0.3, 0.4) is 0 Å². The number of aromatic nitrogens is 3. The third-order valence-electron chi connectivity index (χ3n) is 5.51. The van der Waals surface area contributed by atoms with E-state index in [1.165, 1.54) is 0 Å². The summed E-state index contributed by atoms with van der Waals surface area (Å²) < 4.78 is 7.30. The Kier molecular flexibility index (Phi) is 5.74. The van der Waals surface area contributed by atoms with Crippen LogP contribution in [0.4, 0.5) is 5.69 Å². The number of carbonyl (C=O) groups excluding carboxylic acids is 2. The number of amides is 2. The molecule has 1 fully saturated rings. The lowest BCUT2D eigenvalue weighted by atomic mass is 9.95. The van der Waals surface area contributed by atoms with Gasteiger partial charge in [0.2, 0.25) is 5.91 Å². The molecule has 8 heteroatoms. The number of carbonyl (C=O) groups is 2. The van der Waals surface area contributed by atoms with E-state index >= 15 is 0 Å². The fourth-order valence-corrected chi connectivity index (χ4v) is 3.84. The highest BCUT2D eigenvalue weighted by Crippen LogP contribution is 2.24. The zero-order chi connectivity index (χ0) is 21.1. The van der Waals surface area contributed by atoms with E-state index in [2.05, 4.69) is 15.4 Å². The minimum absolute atomic E-state index is 0.00758. The number of likely N-dealkylation sites (tertiary alicyclic amines) is 1. The number of rotatable bonds is 6. The Morgan fingerprint density at radius 2 is 2.03 bits per heavy atom. The van der Waals surface area contributed by atoms with Crippen LogP contribution in [0, 0.1) is 5.92 Å². The minimum Gasteiger partial charge on any atom is -0.494 e. The third kappa shape index (κ3) is 4.17. The molecule has 0 bridgehead atoms. The van der Waals surface area contributed by atoms with Gasteiger partial charge < -0.3 is 19.9 Å². The molecule has 0 atom stereocenters. The van der Waals surface area contributed by atoms with Crippen LogP contribution in [0.2, 0.25) is 0 Å². The molecule has 8 nitrogen and oxygen atoms in total. The van der Waals surface area contributed by atoms with Crippen molar-refractivity contribution in [1.29, 1.82) is 0 Å². The van der Waals surface area contributed by atoms with Gasteiger partial charge in [-0.3, -0.25) is 14.3 Å². The van der Waals surface area contributed by atoms with Crippen molar-refractivity contribution in [1.82, 2.24) is 19.7 Å². The summed E-state index contributed by atoms with van der Waals surface area (Å²) in [5, 5.41) is 8.08. The molecule has 2 aromatic heterocycles. The van der Waals surface area contributed by atoms with Crippen LogP contribution in [-0.2, 0) is 11.3 Å². The molecule has 1 aliphatic heterocycles. The number of fused-ring (bicyclic) bond motifs is 1. The van der Waals surface area contributed by atoms with Crippen LogP contribution < -0.4 is 10.1 Å². The lowest BCUT2D eigenvalue weighted by Gasteiger charge is -2.31. The number of hydrogen-bond acceptors (Lipinski definition) is 4. The summed E-state index contributed by atoms with van der Waals surface area (Å²) in [7, 11) is 0. The maximum absolute atomic E-state index is 12.9. The summed E-state index contributed by atoms with van der Waals surface area (Å²) in [6, 6.07) is 7.64. The van der Waals surface area contributed by atoms with Gasteiger partial charge in [-0.2, -0.15) is 5.10 Å². The van der Waals surface area contributed by atoms with Crippen molar-refractivity contribution in [2.75, 3.05) is 25.0 Å². The Balaban J connectivity index is 1.35. The van der Waals surface area contributed by atoms with Gasteiger partial charge >= 0.3 is 0 Å². The molecule has 0 unspecified atom stereocenters. The van der Waals surface area contributed by atoms with Crippen molar-refractivity contribution >= 4 is 28.4 Å². The molecule has 1 saturated heterocycles. The lowest BCUT2D eigenvalue weighted by molar-refractivity contribution is -0.121. The summed E-state index contributed by atoms with van der Waals surface area (Å²) in [6.45, 7) is 6.42. The number of aryl methyl sites for hydroxylation is 1. The van der Waals surface area contributed by atoms with E-state index in [4.69, 9.17) is 4.74 Å². The molecule has 0 saturated carbocycles. The second-order valence-corrected chi connectivity index (χ2v) is 7.51. The van der Waals surface area contributed by atoms with E-state index < -0.39 is 0 Å². The van der Waals surface area contributed by atoms with E-state index in [1.54, 1.807) is 10.9 Å². The number of ether oxygens (including phenoxy) is 1. The van der Waals surface area contributed by atoms with Crippen molar-refractivity contribution in [3.05, 3.63) is 42.4 Å². The average molecular weight is 409 g/mol. The van der Waals surface area contributed by atoms with Gasteiger partial charge in [0.15, 0.2) is 0 Å². The maximum atomic E-state index is 12.9. The maximum Gasteiger partial charge on any atom is 0.270 e. The summed E-state index contributed by atoms with van der Waals surface area (Å²) in [6.07, 6.45) is 4.78. The highest BCUT2D eigenvalue weighted by Gasteiger charge is 2.28. The van der Waals surface area contributed by atoms with Gasteiger partial charge in [-0.05, 0) is 44.9 Å². The number of aromatic amines is 1. The van der Waals surface area contributed by atoms with E-state index in [0.717, 1.165) is 23.2 Å². The fourth-order valence-electron chi connectivity index (χ4n) is 3.84. The van der Waals surface area contributed by atoms with Crippen LogP contribution in [0.1, 0.15) is 37.2 Å². The van der Waals surface area contributed by atoms with Crippen molar-refractivity contribution in [3.8, 4) is 5.75 Å². The highest BCUT2D eigenvalue weighted by atomic mass is 16.5. The number of hydrogen-bond donors (Lipinski definition) is 2. The zero-order valence-corrected chi connectivity index (χ0v) is 17.4. The van der Waals surface area contributed by atoms with Gasteiger partial charge in [0.1, 0.15) is 11.4 Å². The molecule has 2 amide bonds. The molecule has 0 aliphatic carbocycles. The average Bonchev–Trinajstić information content (AvgIpc) is 3.40. The molecule has 1 aliphatic rings. The molecule has 3 heterocycles. The fraction of sp³-hybridized carbons (Fsp3) is 0.409. The van der Waals surface area contributed by atoms with E-state index in [0.29, 0.717) is 43.9 Å². The Labute approximate surface area is 175 Å². The Hall–Kier alpha value is -3.29. The smallest absolute Gasteiger partial charge is 0.270 e. The molecule has 3 aromatic rings. The monoisotopic (exact) mass is 409 g/mol. The topological polar surface area (TPSA) is 92.2 Å². The zero-order valence-electron chi connectivity index (χ0n) is 17.4. The van der Waals surface area contributed by atoms with Crippen molar-refractivity contribution in [2.24, 2.45) is 5.92 Å². The molecule has 4 rings (SSSR count). The summed E-state index contributed by atoms with van der Waals surface area (Å²) in [4.78, 5) is 30.5. The number of nitrogens with zero attached hydrogens (tertiary/aromatic N) is 3. The van der Waals surface area contributed by atoms with Crippen molar-refractivity contribution in [3.63, 3.8) is 0 Å². The summed E-state index contributed by atoms with van der Waals surface area (Å²) >= 11 is 0. The second kappa shape index (κ2) is 8.61. The second-order valence-electron chi connectivity index (χ2n) is 7.51. The first-order valence-corrected chi connectivity index (χ1v) is 10.5. The molecule has 30 heavy (non-hydrogen) atoms. The highest BCUT2D eigenvalue weighted by molar-refractivity contribution is 5.98. The minimum atomic E-state index is -0.101. The lowest BCUT2D eigenvalue weighted by Crippen LogP contribution is -2.41. The van der Waals surface area contributed by atoms with Crippen LogP contribution >= 0.6 is 0 Å². The predicted molar refractivity (Wildman–Crippen MR) is 115 cm³/mol. The van der Waals surface area contributed by atoms with Crippen molar-refractivity contribution < 1.29 is 14.3 Å². The largest absolute Gasteiger partial charge is 0.494 e. The molecular formula is C22H27N5O3. The van der Waals surface area contributed by atoms with Gasteiger partial charge in [-0.1, -0.05) is 0 Å². The number of anilines is 1. The van der Waals surface area contributed by atoms with Gasteiger partial charge in [0, 0.05) is 48.7 Å². The molecule has 158 valence electrons. The summed E-state index contributed by atoms with van der Waals surface area (Å²) in [5.41, 5.74) is 2.16. The quantitative estimate of drug-likeness (QED) is 0.654. The predicted octanol–water partition coefficient (Wildman–Crippen LogP) is 3.27. The number of piperidine rings is 1. The number of benzene rings is 1. The standard InChI is InChI=1S/C22H27N5O3/c1-3-27-14-17(13-23-27)24-21(28)15-7-9-26(10-8-15)22(29)20-11-16-5-6-18(30-4-2)12-19(16)25-20/h5-6,11-15,25H,3-4,7-10H2,1-2H3,(H,24,28). The third-order valence-corrected chi connectivity index (χ3v) is 5.51. The van der Waals surface area contributed by atoms with E-state index in [1.807, 2.05) is 49.2 Å². The SMILES string of the molecule is CCOc1ccc2cc(C(=O)N3CCC(C(=O)Nc4cnn(CC)c4)CC3)[nH]c2c1. The normalized spacial score (nSPS) is 14.8. The Morgan fingerprint density at radius 1 is 1.23 bits per heavy atom. The number of H-pyrrole nitrogens is 1. The van der Waals surface area contributed by atoms with Crippen LogP contribution in [-0.4, -0.2) is 51.2 Å². The first kappa shape index (κ1) is 20.0. The number of nitrogens with one attached hydrogen (secondary N) is 2. The van der Waals surface area contributed by atoms with E-state index in [9.17, 15) is 9.59 Å². The van der Waals surface area contributed by atoms with Gasteiger partial charge in [0.05, 0.1) is 18.5 Å². The van der Waals surface area contributed by atoms with Gasteiger partial charge in [-0.15, -0.1) is 0 Å². The summed E-state index contributed by atoms with van der Waals surface area (Å²) in [5.74, 6) is 0.636. The molecule has 2 N–H and O–H groups in total. The van der Waals surface area contributed by atoms with Gasteiger partial charge in [-0.25, -0.2) is 0 Å². The van der Waals surface area contributed by atoms with Crippen LogP contribution in [0.15, 0.2) is 36.7 Å². The molecule has 0 radical (unpaired) electrons. The first-order chi connectivity index (χ1) is 14.6. The van der Waals surface area contributed by atoms with E-state index in [-0.39, 0.29) is 17.7 Å². The van der Waals surface area contributed by atoms with Crippen LogP contribution in [0.5, 0.6) is 5.75 Å². The van der Waals surface area contributed by atoms with Gasteiger partial charge in [0.25, 0.3) is 5.91 Å².